The Balaban J connectivity index is 3.25. The normalized spacial score (nSPS) is 14.9. The summed E-state index contributed by atoms with van der Waals surface area (Å²) in [6, 6.07) is 4.52. The first-order valence-electron chi connectivity index (χ1n) is 10.7. The van der Waals surface area contributed by atoms with Crippen LogP contribution in [0.15, 0.2) is 93.1 Å². The molecule has 0 spiro atoms. The number of rotatable bonds is 14. The molecule has 0 radical (unpaired) electrons. The van der Waals surface area contributed by atoms with Gasteiger partial charge in [0, 0.05) is 5.92 Å². The van der Waals surface area contributed by atoms with E-state index in [1.54, 1.807) is 24.3 Å². The van der Waals surface area contributed by atoms with Gasteiger partial charge in [-0.25, -0.2) is 9.59 Å². The first-order chi connectivity index (χ1) is 15.3. The molecule has 0 saturated carbocycles. The molecule has 0 bridgehead atoms. The summed E-state index contributed by atoms with van der Waals surface area (Å²) in [6.45, 7) is 18.9. The highest BCUT2D eigenvalue weighted by atomic mass is 16.5. The van der Waals surface area contributed by atoms with Crippen LogP contribution in [0.3, 0.4) is 0 Å². The number of carboxylic acid groups (broad SMARTS) is 1. The van der Waals surface area contributed by atoms with Crippen LogP contribution >= 0.6 is 0 Å². The largest absolute Gasteiger partial charge is 0.478 e. The molecule has 4 heteroatoms. The fraction of sp³-hybridized carbons (Fsp3) is 0.286. The minimum atomic E-state index is -1.05. The van der Waals surface area contributed by atoms with Gasteiger partial charge in [0.2, 0.25) is 0 Å². The maximum absolute atomic E-state index is 13.1. The molecule has 0 aliphatic carbocycles. The van der Waals surface area contributed by atoms with E-state index in [2.05, 4.69) is 26.3 Å². The van der Waals surface area contributed by atoms with Crippen LogP contribution in [0.1, 0.15) is 58.9 Å². The number of ether oxygens (including phenoxy) is 1. The topological polar surface area (TPSA) is 63.6 Å². The molecular formula is C28H34O4. The molecule has 32 heavy (non-hydrogen) atoms. The van der Waals surface area contributed by atoms with Gasteiger partial charge in [-0.2, -0.15) is 0 Å². The highest BCUT2D eigenvalue weighted by Gasteiger charge is 2.26. The number of carboxylic acids is 1. The van der Waals surface area contributed by atoms with Crippen molar-refractivity contribution in [3.8, 4) is 0 Å². The van der Waals surface area contributed by atoms with E-state index in [1.165, 1.54) is 12.1 Å². The van der Waals surface area contributed by atoms with Crippen molar-refractivity contribution in [1.29, 1.82) is 0 Å². The van der Waals surface area contributed by atoms with E-state index >= 15 is 0 Å². The number of hydrogen-bond donors (Lipinski definition) is 1. The van der Waals surface area contributed by atoms with Crippen LogP contribution in [0, 0.1) is 11.8 Å². The predicted octanol–water partition coefficient (Wildman–Crippen LogP) is 6.90. The quantitative estimate of drug-likeness (QED) is 0.196. The summed E-state index contributed by atoms with van der Waals surface area (Å²) in [7, 11) is 0. The average Bonchev–Trinajstić information content (AvgIpc) is 2.78. The highest BCUT2D eigenvalue weighted by molar-refractivity contribution is 5.94. The molecule has 4 atom stereocenters. The second-order valence-corrected chi connectivity index (χ2v) is 7.60. The number of hydrogen-bond acceptors (Lipinski definition) is 3. The predicted molar refractivity (Wildman–Crippen MR) is 132 cm³/mol. The lowest BCUT2D eigenvalue weighted by Crippen LogP contribution is -2.24. The molecule has 0 saturated heterocycles. The Bertz CT molecular complexity index is 891. The number of allylic oxidation sites excluding steroid dienone is 7. The molecule has 0 aliphatic rings. The van der Waals surface area contributed by atoms with Gasteiger partial charge in [-0.1, -0.05) is 68.7 Å². The lowest BCUT2D eigenvalue weighted by molar-refractivity contribution is 0.0250. The summed E-state index contributed by atoms with van der Waals surface area (Å²) >= 11 is 0. The molecule has 0 aromatic heterocycles. The van der Waals surface area contributed by atoms with Crippen LogP contribution in [0.2, 0.25) is 0 Å². The Hall–Kier alpha value is -3.40. The standard InChI is InChI=1S/C28H34O4/c1-7-11-13-15-22(9-3)20(5)26-19-24(27(29)30)17-18-25(26)28(31)32-21(6)23(10-4)16-14-12-8-2/h7-14,17-23H,1-4,15-16H2,5-6H3,(H,29,30). The van der Waals surface area contributed by atoms with Crippen LogP contribution in [0.5, 0.6) is 0 Å². The van der Waals surface area contributed by atoms with Crippen LogP contribution in [-0.4, -0.2) is 23.1 Å². The van der Waals surface area contributed by atoms with Gasteiger partial charge < -0.3 is 9.84 Å². The van der Waals surface area contributed by atoms with E-state index < -0.39 is 18.0 Å². The summed E-state index contributed by atoms with van der Waals surface area (Å²) in [5.41, 5.74) is 1.11. The second-order valence-electron chi connectivity index (χ2n) is 7.60. The minimum Gasteiger partial charge on any atom is -0.478 e. The maximum Gasteiger partial charge on any atom is 0.338 e. The van der Waals surface area contributed by atoms with Crippen molar-refractivity contribution in [2.45, 2.75) is 38.7 Å². The van der Waals surface area contributed by atoms with Crippen molar-refractivity contribution in [2.75, 3.05) is 0 Å². The van der Waals surface area contributed by atoms with Crippen LogP contribution in [-0.2, 0) is 4.74 Å². The van der Waals surface area contributed by atoms with E-state index in [4.69, 9.17) is 4.74 Å². The molecule has 1 aromatic carbocycles. The van der Waals surface area contributed by atoms with E-state index in [0.717, 1.165) is 0 Å². The average molecular weight is 435 g/mol. The molecule has 0 fully saturated rings. The molecule has 0 heterocycles. The minimum absolute atomic E-state index is 0.00387. The van der Waals surface area contributed by atoms with Crippen LogP contribution in [0.25, 0.3) is 0 Å². The van der Waals surface area contributed by atoms with Crippen LogP contribution in [0.4, 0.5) is 0 Å². The number of esters is 1. The third-order valence-electron chi connectivity index (χ3n) is 5.51. The summed E-state index contributed by atoms with van der Waals surface area (Å²) in [5.74, 6) is -1.73. The zero-order valence-corrected chi connectivity index (χ0v) is 19.1. The van der Waals surface area contributed by atoms with Gasteiger partial charge in [0.25, 0.3) is 0 Å². The van der Waals surface area contributed by atoms with Gasteiger partial charge in [-0.15, -0.1) is 13.2 Å². The second kappa shape index (κ2) is 13.8. The molecular weight excluding hydrogens is 400 g/mol. The van der Waals surface area contributed by atoms with Crippen molar-refractivity contribution in [3.05, 3.63) is 110 Å². The summed E-state index contributed by atoms with van der Waals surface area (Å²) < 4.78 is 5.75. The van der Waals surface area contributed by atoms with Crippen molar-refractivity contribution < 1.29 is 19.4 Å². The zero-order chi connectivity index (χ0) is 24.1. The molecule has 1 N–H and O–H groups in total. The Morgan fingerprint density at radius 2 is 1.53 bits per heavy atom. The first-order valence-corrected chi connectivity index (χ1v) is 10.7. The highest BCUT2D eigenvalue weighted by Crippen LogP contribution is 2.32. The number of aromatic carboxylic acids is 1. The molecule has 4 nitrogen and oxygen atoms in total. The monoisotopic (exact) mass is 434 g/mol. The SMILES string of the molecule is C=CC=CCC(C=C)C(C)OC(=O)c1ccc(C(=O)O)cc1C(C)C(C=C)CC=CC=C. The fourth-order valence-electron chi connectivity index (χ4n) is 3.46. The molecule has 0 aliphatic heterocycles. The van der Waals surface area contributed by atoms with Gasteiger partial charge >= 0.3 is 11.9 Å². The molecule has 1 aromatic rings. The van der Waals surface area contributed by atoms with Crippen molar-refractivity contribution in [1.82, 2.24) is 0 Å². The number of carbonyl (C=O) groups is 2. The Morgan fingerprint density at radius 1 is 0.969 bits per heavy atom. The van der Waals surface area contributed by atoms with Gasteiger partial charge in [0.15, 0.2) is 0 Å². The van der Waals surface area contributed by atoms with Crippen molar-refractivity contribution in [3.63, 3.8) is 0 Å². The first kappa shape index (κ1) is 26.6. The van der Waals surface area contributed by atoms with E-state index in [9.17, 15) is 14.7 Å². The van der Waals surface area contributed by atoms with Crippen LogP contribution < -0.4 is 0 Å². The van der Waals surface area contributed by atoms with E-state index in [1.807, 2.05) is 44.2 Å². The van der Waals surface area contributed by atoms with Crippen molar-refractivity contribution >= 4 is 11.9 Å². The lowest BCUT2D eigenvalue weighted by atomic mass is 9.82. The van der Waals surface area contributed by atoms with E-state index in [0.29, 0.717) is 24.0 Å². The Kier molecular flexibility index (Phi) is 11.5. The van der Waals surface area contributed by atoms with Gasteiger partial charge in [-0.3, -0.25) is 0 Å². The van der Waals surface area contributed by atoms with Gasteiger partial charge in [0.1, 0.15) is 6.10 Å². The molecule has 4 unspecified atom stereocenters. The summed E-state index contributed by atoms with van der Waals surface area (Å²) in [4.78, 5) is 24.6. The molecule has 0 amide bonds. The lowest BCUT2D eigenvalue weighted by Gasteiger charge is -2.24. The summed E-state index contributed by atoms with van der Waals surface area (Å²) in [6.07, 6.45) is 15.5. The fourth-order valence-corrected chi connectivity index (χ4v) is 3.46. The van der Waals surface area contributed by atoms with Gasteiger partial charge in [-0.05, 0) is 55.4 Å². The molecule has 1 rings (SSSR count). The smallest absolute Gasteiger partial charge is 0.338 e. The van der Waals surface area contributed by atoms with E-state index in [-0.39, 0.29) is 23.3 Å². The molecule has 170 valence electrons. The third kappa shape index (κ3) is 7.69. The maximum atomic E-state index is 13.1. The zero-order valence-electron chi connectivity index (χ0n) is 19.1. The Labute approximate surface area is 192 Å². The Morgan fingerprint density at radius 3 is 2.03 bits per heavy atom. The third-order valence-corrected chi connectivity index (χ3v) is 5.51. The summed E-state index contributed by atoms with van der Waals surface area (Å²) in [5, 5.41) is 9.46. The van der Waals surface area contributed by atoms with Crippen molar-refractivity contribution in [2.24, 2.45) is 11.8 Å². The van der Waals surface area contributed by atoms with Gasteiger partial charge in [0.05, 0.1) is 11.1 Å². The number of carbonyl (C=O) groups excluding carboxylic acids is 1. The number of benzene rings is 1.